The SMILES string of the molecule is CN(C)CC(=O)c1cc([N+](=O)[O-])ccc1F. The van der Waals surface area contributed by atoms with Gasteiger partial charge in [-0.1, -0.05) is 0 Å². The maximum absolute atomic E-state index is 13.3. The summed E-state index contributed by atoms with van der Waals surface area (Å²) >= 11 is 0. The number of likely N-dealkylation sites (N-methyl/N-ethyl adjacent to an activating group) is 1. The van der Waals surface area contributed by atoms with Gasteiger partial charge in [-0.3, -0.25) is 14.9 Å². The fourth-order valence-corrected chi connectivity index (χ4v) is 1.21. The van der Waals surface area contributed by atoms with Crippen LogP contribution in [0.25, 0.3) is 0 Å². The van der Waals surface area contributed by atoms with E-state index in [1.165, 1.54) is 0 Å². The summed E-state index contributed by atoms with van der Waals surface area (Å²) in [7, 11) is 3.32. The van der Waals surface area contributed by atoms with Crippen molar-refractivity contribution in [2.75, 3.05) is 20.6 Å². The summed E-state index contributed by atoms with van der Waals surface area (Å²) in [6, 6.07) is 2.92. The number of hydrogen-bond donors (Lipinski definition) is 0. The first kappa shape index (κ1) is 12.3. The zero-order valence-corrected chi connectivity index (χ0v) is 8.94. The van der Waals surface area contributed by atoms with E-state index in [9.17, 15) is 19.3 Å². The molecular weight excluding hydrogens is 215 g/mol. The molecule has 0 aliphatic rings. The molecule has 0 N–H and O–H groups in total. The third-order valence-corrected chi connectivity index (χ3v) is 1.92. The van der Waals surface area contributed by atoms with E-state index >= 15 is 0 Å². The van der Waals surface area contributed by atoms with E-state index in [1.807, 2.05) is 0 Å². The Morgan fingerprint density at radius 1 is 1.50 bits per heavy atom. The van der Waals surface area contributed by atoms with Crippen LogP contribution in [-0.2, 0) is 0 Å². The van der Waals surface area contributed by atoms with Crippen molar-refractivity contribution in [3.63, 3.8) is 0 Å². The molecule has 0 bridgehead atoms. The van der Waals surface area contributed by atoms with Gasteiger partial charge in [0.2, 0.25) is 0 Å². The third-order valence-electron chi connectivity index (χ3n) is 1.92. The molecule has 0 aromatic heterocycles. The highest BCUT2D eigenvalue weighted by Crippen LogP contribution is 2.17. The Kier molecular flexibility index (Phi) is 3.68. The summed E-state index contributed by atoms with van der Waals surface area (Å²) in [6.07, 6.45) is 0. The Hall–Kier alpha value is -1.82. The minimum atomic E-state index is -0.738. The van der Waals surface area contributed by atoms with Crippen molar-refractivity contribution in [1.82, 2.24) is 4.90 Å². The molecular formula is C10H11FN2O3. The standard InChI is InChI=1S/C10H11FN2O3/c1-12(2)6-10(14)8-5-7(13(15)16)3-4-9(8)11/h3-5H,6H2,1-2H3. The molecule has 0 radical (unpaired) electrons. The molecule has 5 nitrogen and oxygen atoms in total. The monoisotopic (exact) mass is 226 g/mol. The lowest BCUT2D eigenvalue weighted by molar-refractivity contribution is -0.384. The molecule has 0 atom stereocenters. The number of nitro groups is 1. The van der Waals surface area contributed by atoms with E-state index < -0.39 is 16.5 Å². The number of ketones is 1. The average Bonchev–Trinajstić information content (AvgIpc) is 2.16. The molecule has 0 saturated carbocycles. The number of carbonyl (C=O) groups excluding carboxylic acids is 1. The molecule has 0 saturated heterocycles. The summed E-state index contributed by atoms with van der Waals surface area (Å²) in [6.45, 7) is 0.0120. The van der Waals surface area contributed by atoms with E-state index in [2.05, 4.69) is 0 Å². The lowest BCUT2D eigenvalue weighted by Gasteiger charge is -2.08. The summed E-state index contributed by atoms with van der Waals surface area (Å²) in [4.78, 5) is 22.9. The van der Waals surface area contributed by atoms with Crippen LogP contribution in [-0.4, -0.2) is 36.2 Å². The van der Waals surface area contributed by atoms with Crippen LogP contribution in [0.4, 0.5) is 10.1 Å². The number of nitro benzene ring substituents is 1. The van der Waals surface area contributed by atoms with E-state index in [-0.39, 0.29) is 17.8 Å². The highest BCUT2D eigenvalue weighted by atomic mass is 19.1. The number of halogens is 1. The van der Waals surface area contributed by atoms with Crippen molar-refractivity contribution in [2.24, 2.45) is 0 Å². The molecule has 0 amide bonds. The smallest absolute Gasteiger partial charge is 0.270 e. The van der Waals surface area contributed by atoms with Crippen LogP contribution < -0.4 is 0 Å². The number of hydrogen-bond acceptors (Lipinski definition) is 4. The number of carbonyl (C=O) groups is 1. The Bertz CT molecular complexity index is 432. The quantitative estimate of drug-likeness (QED) is 0.443. The molecule has 0 unspecified atom stereocenters. The van der Waals surface area contributed by atoms with Crippen LogP contribution in [0.5, 0.6) is 0 Å². The highest BCUT2D eigenvalue weighted by molar-refractivity contribution is 5.98. The van der Waals surface area contributed by atoms with Crippen molar-refractivity contribution >= 4 is 11.5 Å². The molecule has 16 heavy (non-hydrogen) atoms. The van der Waals surface area contributed by atoms with E-state index in [0.717, 1.165) is 18.2 Å². The zero-order chi connectivity index (χ0) is 12.3. The maximum Gasteiger partial charge on any atom is 0.270 e. The Balaban J connectivity index is 3.07. The van der Waals surface area contributed by atoms with Crippen LogP contribution in [0.1, 0.15) is 10.4 Å². The number of Topliss-reactive ketones (excluding diaryl/α,β-unsaturated/α-hetero) is 1. The molecule has 0 aliphatic heterocycles. The lowest BCUT2D eigenvalue weighted by atomic mass is 10.1. The van der Waals surface area contributed by atoms with Crippen molar-refractivity contribution in [1.29, 1.82) is 0 Å². The van der Waals surface area contributed by atoms with Gasteiger partial charge in [0.15, 0.2) is 5.78 Å². The van der Waals surface area contributed by atoms with Gasteiger partial charge >= 0.3 is 0 Å². The predicted molar refractivity (Wildman–Crippen MR) is 55.9 cm³/mol. The Morgan fingerprint density at radius 3 is 2.62 bits per heavy atom. The van der Waals surface area contributed by atoms with Gasteiger partial charge in [-0.2, -0.15) is 0 Å². The van der Waals surface area contributed by atoms with Crippen molar-refractivity contribution in [3.05, 3.63) is 39.7 Å². The van der Waals surface area contributed by atoms with Gasteiger partial charge < -0.3 is 4.90 Å². The molecule has 1 rings (SSSR count). The van der Waals surface area contributed by atoms with Crippen LogP contribution in [0.15, 0.2) is 18.2 Å². The van der Waals surface area contributed by atoms with E-state index in [4.69, 9.17) is 0 Å². The first-order valence-electron chi connectivity index (χ1n) is 4.53. The first-order chi connectivity index (χ1) is 7.41. The summed E-state index contributed by atoms with van der Waals surface area (Å²) in [5, 5.41) is 10.5. The Labute approximate surface area is 91.6 Å². The molecule has 0 spiro atoms. The Morgan fingerprint density at radius 2 is 2.12 bits per heavy atom. The average molecular weight is 226 g/mol. The van der Waals surface area contributed by atoms with Gasteiger partial charge in [0.25, 0.3) is 5.69 Å². The zero-order valence-electron chi connectivity index (χ0n) is 8.94. The highest BCUT2D eigenvalue weighted by Gasteiger charge is 2.17. The summed E-state index contributed by atoms with van der Waals surface area (Å²) in [5.41, 5.74) is -0.536. The van der Waals surface area contributed by atoms with Crippen molar-refractivity contribution in [3.8, 4) is 0 Å². The molecule has 1 aromatic carbocycles. The maximum atomic E-state index is 13.3. The molecule has 86 valence electrons. The van der Waals surface area contributed by atoms with Crippen LogP contribution in [0.3, 0.4) is 0 Å². The number of non-ortho nitro benzene ring substituents is 1. The second-order valence-corrected chi connectivity index (χ2v) is 3.58. The molecule has 6 heteroatoms. The van der Waals surface area contributed by atoms with E-state index in [1.54, 1.807) is 19.0 Å². The van der Waals surface area contributed by atoms with Gasteiger partial charge in [-0.25, -0.2) is 4.39 Å². The number of nitrogens with zero attached hydrogens (tertiary/aromatic N) is 2. The van der Waals surface area contributed by atoms with Crippen LogP contribution in [0, 0.1) is 15.9 Å². The summed E-state index contributed by atoms with van der Waals surface area (Å²) < 4.78 is 13.3. The fraction of sp³-hybridized carbons (Fsp3) is 0.300. The summed E-state index contributed by atoms with van der Waals surface area (Å²) in [5.74, 6) is -1.22. The van der Waals surface area contributed by atoms with Gasteiger partial charge in [0.05, 0.1) is 17.0 Å². The topological polar surface area (TPSA) is 63.5 Å². The minimum absolute atomic E-state index is 0.0120. The number of rotatable bonds is 4. The second-order valence-electron chi connectivity index (χ2n) is 3.58. The van der Waals surface area contributed by atoms with Crippen LogP contribution in [0.2, 0.25) is 0 Å². The second kappa shape index (κ2) is 4.80. The fourth-order valence-electron chi connectivity index (χ4n) is 1.21. The molecule has 0 fully saturated rings. The lowest BCUT2D eigenvalue weighted by Crippen LogP contribution is -2.22. The largest absolute Gasteiger partial charge is 0.302 e. The molecule has 0 heterocycles. The normalized spacial score (nSPS) is 10.5. The van der Waals surface area contributed by atoms with E-state index in [0.29, 0.717) is 0 Å². The first-order valence-corrected chi connectivity index (χ1v) is 4.53. The van der Waals surface area contributed by atoms with Crippen LogP contribution >= 0.6 is 0 Å². The minimum Gasteiger partial charge on any atom is -0.302 e. The van der Waals surface area contributed by atoms with Gasteiger partial charge in [0.1, 0.15) is 5.82 Å². The van der Waals surface area contributed by atoms with Gasteiger partial charge in [0, 0.05) is 12.1 Å². The predicted octanol–water partition coefficient (Wildman–Crippen LogP) is 1.48. The van der Waals surface area contributed by atoms with Crippen molar-refractivity contribution in [2.45, 2.75) is 0 Å². The van der Waals surface area contributed by atoms with Gasteiger partial charge in [-0.05, 0) is 20.2 Å². The van der Waals surface area contributed by atoms with Gasteiger partial charge in [-0.15, -0.1) is 0 Å². The molecule has 0 aliphatic carbocycles. The third kappa shape index (κ3) is 2.83. The molecule has 1 aromatic rings. The van der Waals surface area contributed by atoms with Crippen molar-refractivity contribution < 1.29 is 14.1 Å². The number of benzene rings is 1.